The van der Waals surface area contributed by atoms with E-state index >= 15 is 0 Å². The molecule has 1 aromatic carbocycles. The van der Waals surface area contributed by atoms with Crippen molar-refractivity contribution in [1.29, 1.82) is 0 Å². The van der Waals surface area contributed by atoms with Crippen LogP contribution in [-0.4, -0.2) is 9.61 Å². The van der Waals surface area contributed by atoms with Crippen molar-refractivity contribution in [3.05, 3.63) is 70.2 Å². The average Bonchev–Trinajstić information content (AvgIpc) is 2.86. The second-order valence-electron chi connectivity index (χ2n) is 4.54. The van der Waals surface area contributed by atoms with Gasteiger partial charge in [-0.25, -0.2) is 8.91 Å². The number of fused-ring (bicyclic) bond motifs is 1. The van der Waals surface area contributed by atoms with Crippen molar-refractivity contribution in [3.63, 3.8) is 0 Å². The first-order valence-corrected chi connectivity index (χ1v) is 7.09. The van der Waals surface area contributed by atoms with Crippen LogP contribution in [0, 0.1) is 5.82 Å². The van der Waals surface area contributed by atoms with E-state index in [1.54, 1.807) is 6.07 Å². The highest BCUT2D eigenvalue weighted by molar-refractivity contribution is 9.10. The Bertz CT molecular complexity index is 739. The molecule has 0 unspecified atom stereocenters. The Kier molecular flexibility index (Phi) is 3.80. The third-order valence-electron chi connectivity index (χ3n) is 3.14. The van der Waals surface area contributed by atoms with E-state index in [1.165, 1.54) is 12.1 Å². The van der Waals surface area contributed by atoms with E-state index in [0.717, 1.165) is 21.1 Å². The lowest BCUT2D eigenvalue weighted by molar-refractivity contribution is 0.619. The molecule has 3 aromatic rings. The highest BCUT2D eigenvalue weighted by Gasteiger charge is 2.04. The van der Waals surface area contributed by atoms with E-state index in [4.69, 9.17) is 0 Å². The monoisotopic (exact) mass is 333 g/mol. The molecule has 2 aromatic heterocycles. The van der Waals surface area contributed by atoms with Gasteiger partial charge in [-0.1, -0.05) is 22.0 Å². The largest absolute Gasteiger partial charge is 0.308 e. The Morgan fingerprint density at radius 2 is 2.00 bits per heavy atom. The van der Waals surface area contributed by atoms with Crippen molar-refractivity contribution in [2.75, 3.05) is 0 Å². The third-order valence-corrected chi connectivity index (χ3v) is 3.92. The maximum Gasteiger partial charge on any atom is 0.123 e. The molecule has 3 nitrogen and oxygen atoms in total. The van der Waals surface area contributed by atoms with Gasteiger partial charge < -0.3 is 5.32 Å². The van der Waals surface area contributed by atoms with E-state index in [9.17, 15) is 4.39 Å². The average molecular weight is 334 g/mol. The number of pyridine rings is 1. The van der Waals surface area contributed by atoms with Crippen molar-refractivity contribution in [1.82, 2.24) is 14.9 Å². The molecule has 0 aliphatic rings. The van der Waals surface area contributed by atoms with Crippen LogP contribution in [0.5, 0.6) is 0 Å². The van der Waals surface area contributed by atoms with E-state index < -0.39 is 0 Å². The quantitative estimate of drug-likeness (QED) is 0.791. The Morgan fingerprint density at radius 3 is 2.90 bits per heavy atom. The summed E-state index contributed by atoms with van der Waals surface area (Å²) in [5, 5.41) is 7.60. The summed E-state index contributed by atoms with van der Waals surface area (Å²) >= 11 is 3.43. The summed E-state index contributed by atoms with van der Waals surface area (Å²) in [5.74, 6) is -0.221. The van der Waals surface area contributed by atoms with Gasteiger partial charge in [-0.05, 0) is 35.9 Å². The van der Waals surface area contributed by atoms with Gasteiger partial charge in [-0.15, -0.1) is 0 Å². The maximum atomic E-state index is 13.2. The van der Waals surface area contributed by atoms with Crippen LogP contribution >= 0.6 is 15.9 Å². The molecule has 0 spiro atoms. The second-order valence-corrected chi connectivity index (χ2v) is 5.39. The molecular weight excluding hydrogens is 321 g/mol. The number of nitrogens with one attached hydrogen (secondary N) is 1. The minimum atomic E-state index is -0.221. The van der Waals surface area contributed by atoms with E-state index in [1.807, 2.05) is 35.1 Å². The number of hydrogen-bond acceptors (Lipinski definition) is 2. The summed E-state index contributed by atoms with van der Waals surface area (Å²) in [6.07, 6.45) is 3.77. The number of hydrogen-bond donors (Lipinski definition) is 1. The molecule has 0 bridgehead atoms. The molecule has 0 aliphatic heterocycles. The van der Waals surface area contributed by atoms with Gasteiger partial charge in [0, 0.05) is 29.3 Å². The Morgan fingerprint density at radius 1 is 1.15 bits per heavy atom. The molecule has 0 amide bonds. The number of aromatic nitrogens is 2. The molecular formula is C15H13BrFN3. The molecule has 2 heterocycles. The van der Waals surface area contributed by atoms with Crippen molar-refractivity contribution < 1.29 is 4.39 Å². The lowest BCUT2D eigenvalue weighted by Crippen LogP contribution is -2.13. The Labute approximate surface area is 124 Å². The first-order chi connectivity index (χ1) is 9.74. The maximum absolute atomic E-state index is 13.2. The smallest absolute Gasteiger partial charge is 0.123 e. The van der Waals surface area contributed by atoms with Gasteiger partial charge in [0.05, 0.1) is 11.7 Å². The van der Waals surface area contributed by atoms with Crippen LogP contribution in [-0.2, 0) is 13.1 Å². The number of halogens is 2. The molecule has 0 fully saturated rings. The zero-order valence-corrected chi connectivity index (χ0v) is 12.3. The summed E-state index contributed by atoms with van der Waals surface area (Å²) in [6.45, 7) is 1.29. The van der Waals surface area contributed by atoms with E-state index in [2.05, 4.69) is 26.3 Å². The minimum absolute atomic E-state index is 0.221. The summed E-state index contributed by atoms with van der Waals surface area (Å²) in [5.41, 5.74) is 3.11. The zero-order chi connectivity index (χ0) is 13.9. The summed E-state index contributed by atoms with van der Waals surface area (Å²) < 4.78 is 15.9. The van der Waals surface area contributed by atoms with E-state index in [-0.39, 0.29) is 5.82 Å². The number of benzene rings is 1. The van der Waals surface area contributed by atoms with Gasteiger partial charge >= 0.3 is 0 Å². The van der Waals surface area contributed by atoms with Crippen LogP contribution < -0.4 is 5.32 Å². The van der Waals surface area contributed by atoms with Crippen LogP contribution in [0.1, 0.15) is 11.1 Å². The fourth-order valence-electron chi connectivity index (χ4n) is 2.13. The van der Waals surface area contributed by atoms with Crippen molar-refractivity contribution in [3.8, 4) is 0 Å². The van der Waals surface area contributed by atoms with Crippen molar-refractivity contribution >= 4 is 21.4 Å². The first kappa shape index (κ1) is 13.3. The topological polar surface area (TPSA) is 29.3 Å². The van der Waals surface area contributed by atoms with E-state index in [0.29, 0.717) is 13.1 Å². The normalized spacial score (nSPS) is 11.1. The Hall–Kier alpha value is -1.72. The Balaban J connectivity index is 1.69. The molecule has 20 heavy (non-hydrogen) atoms. The molecule has 102 valence electrons. The SMILES string of the molecule is Fc1ccc(Br)c(CNCc2cnn3ccccc23)c1. The highest BCUT2D eigenvalue weighted by atomic mass is 79.9. The summed E-state index contributed by atoms with van der Waals surface area (Å²) in [4.78, 5) is 0. The van der Waals surface area contributed by atoms with Crippen LogP contribution in [0.3, 0.4) is 0 Å². The fourth-order valence-corrected chi connectivity index (χ4v) is 2.52. The minimum Gasteiger partial charge on any atom is -0.308 e. The van der Waals surface area contributed by atoms with Gasteiger partial charge in [0.25, 0.3) is 0 Å². The first-order valence-electron chi connectivity index (χ1n) is 6.30. The van der Waals surface area contributed by atoms with Gasteiger partial charge in [0.1, 0.15) is 5.82 Å². The van der Waals surface area contributed by atoms with Gasteiger partial charge in [0.15, 0.2) is 0 Å². The number of nitrogens with zero attached hydrogens (tertiary/aromatic N) is 2. The van der Waals surface area contributed by atoms with Gasteiger partial charge in [-0.3, -0.25) is 0 Å². The fraction of sp³-hybridized carbons (Fsp3) is 0.133. The zero-order valence-electron chi connectivity index (χ0n) is 10.7. The molecule has 0 atom stereocenters. The summed E-state index contributed by atoms with van der Waals surface area (Å²) in [6, 6.07) is 10.7. The molecule has 5 heteroatoms. The van der Waals surface area contributed by atoms with Crippen LogP contribution in [0.25, 0.3) is 5.52 Å². The molecule has 1 N–H and O–H groups in total. The predicted octanol–water partition coefficient (Wildman–Crippen LogP) is 3.53. The molecule has 3 rings (SSSR count). The third kappa shape index (κ3) is 2.73. The molecule has 0 radical (unpaired) electrons. The van der Waals surface area contributed by atoms with Crippen molar-refractivity contribution in [2.24, 2.45) is 0 Å². The van der Waals surface area contributed by atoms with Crippen LogP contribution in [0.2, 0.25) is 0 Å². The highest BCUT2D eigenvalue weighted by Crippen LogP contribution is 2.18. The standard InChI is InChI=1S/C15H13BrFN3/c16-14-5-4-13(17)7-11(14)8-18-9-12-10-19-20-6-2-1-3-15(12)20/h1-7,10,18H,8-9H2. The lowest BCUT2D eigenvalue weighted by atomic mass is 10.2. The molecule has 0 saturated heterocycles. The molecule has 0 saturated carbocycles. The second kappa shape index (κ2) is 5.73. The lowest BCUT2D eigenvalue weighted by Gasteiger charge is -2.06. The molecule has 0 aliphatic carbocycles. The van der Waals surface area contributed by atoms with Crippen molar-refractivity contribution in [2.45, 2.75) is 13.1 Å². The predicted molar refractivity (Wildman–Crippen MR) is 79.8 cm³/mol. The van der Waals surface area contributed by atoms with Crippen LogP contribution in [0.4, 0.5) is 4.39 Å². The van der Waals surface area contributed by atoms with Crippen LogP contribution in [0.15, 0.2) is 53.3 Å². The van der Waals surface area contributed by atoms with Gasteiger partial charge in [0.2, 0.25) is 0 Å². The number of rotatable bonds is 4. The summed E-state index contributed by atoms with van der Waals surface area (Å²) in [7, 11) is 0. The van der Waals surface area contributed by atoms with Gasteiger partial charge in [-0.2, -0.15) is 5.10 Å².